The zero-order valence-corrected chi connectivity index (χ0v) is 35.8. The van der Waals surface area contributed by atoms with E-state index >= 15 is 0 Å². The second-order valence-electron chi connectivity index (χ2n) is 14.9. The van der Waals surface area contributed by atoms with Crippen LogP contribution in [0.1, 0.15) is 206 Å². The van der Waals surface area contributed by atoms with Crippen molar-refractivity contribution in [3.8, 4) is 0 Å². The predicted molar refractivity (Wildman–Crippen MR) is 222 cm³/mol. The Morgan fingerprint density at radius 3 is 1.26 bits per heavy atom. The van der Waals surface area contributed by atoms with Crippen LogP contribution in [0.25, 0.3) is 0 Å². The van der Waals surface area contributed by atoms with E-state index in [-0.39, 0.29) is 50.8 Å². The Morgan fingerprint density at radius 1 is 0.537 bits per heavy atom. The highest BCUT2D eigenvalue weighted by molar-refractivity contribution is 7.45. The van der Waals surface area contributed by atoms with Crippen LogP contribution in [0.5, 0.6) is 0 Å². The summed E-state index contributed by atoms with van der Waals surface area (Å²) in [4.78, 5) is 36.7. The summed E-state index contributed by atoms with van der Waals surface area (Å²) in [5.74, 6) is -0.798. The summed E-state index contributed by atoms with van der Waals surface area (Å²) in [6, 6.07) is 0. The number of ether oxygens (including phenoxy) is 2. The van der Waals surface area contributed by atoms with Gasteiger partial charge in [0.05, 0.1) is 26.4 Å². The molecule has 0 bridgehead atoms. The number of phosphoric ester groups is 1. The van der Waals surface area contributed by atoms with Gasteiger partial charge < -0.3 is 29.1 Å². The van der Waals surface area contributed by atoms with Crippen molar-refractivity contribution < 1.29 is 37.6 Å². The summed E-state index contributed by atoms with van der Waals surface area (Å²) in [6.07, 6.45) is 42.0. The quantitative estimate of drug-likeness (QED) is 0.0277. The molecule has 0 aromatic carbocycles. The number of carbonyl (C=O) groups excluding carboxylic acids is 2. The summed E-state index contributed by atoms with van der Waals surface area (Å²) in [6.45, 7) is 4.54. The van der Waals surface area contributed by atoms with Gasteiger partial charge in [0.1, 0.15) is 0 Å². The van der Waals surface area contributed by atoms with Crippen molar-refractivity contribution in [3.05, 3.63) is 24.3 Å². The molecule has 2 N–H and O–H groups in total. The summed E-state index contributed by atoms with van der Waals surface area (Å²) >= 11 is 0. The third-order valence-corrected chi connectivity index (χ3v) is 10.7. The van der Waals surface area contributed by atoms with Gasteiger partial charge in [0.25, 0.3) is 7.82 Å². The third-order valence-electron chi connectivity index (χ3n) is 9.70. The lowest BCUT2D eigenvalue weighted by atomic mass is 10.0. The maximum Gasteiger partial charge on any atom is 0.305 e. The van der Waals surface area contributed by atoms with Crippen LogP contribution in [0.15, 0.2) is 24.3 Å². The van der Waals surface area contributed by atoms with Crippen molar-refractivity contribution in [3.63, 3.8) is 0 Å². The molecule has 9 nitrogen and oxygen atoms in total. The fourth-order valence-electron chi connectivity index (χ4n) is 6.21. The van der Waals surface area contributed by atoms with Gasteiger partial charge in [-0.05, 0) is 83.0 Å². The largest absolute Gasteiger partial charge is 0.756 e. The Labute approximate surface area is 332 Å². The van der Waals surface area contributed by atoms with Gasteiger partial charge in [0, 0.05) is 19.4 Å². The maximum atomic E-state index is 12.3. The average molecular weight is 785 g/mol. The number of phosphoric acid groups is 1. The van der Waals surface area contributed by atoms with Gasteiger partial charge in [-0.15, -0.1) is 0 Å². The highest BCUT2D eigenvalue weighted by Gasteiger charge is 2.17. The number of unbranched alkanes of at least 4 members (excludes halogenated alkanes) is 22. The number of allylic oxidation sites excluding steroid dienone is 4. The molecule has 0 rings (SSSR count). The molecule has 0 heterocycles. The first kappa shape index (κ1) is 52.5. The van der Waals surface area contributed by atoms with E-state index in [4.69, 9.17) is 24.3 Å². The summed E-state index contributed by atoms with van der Waals surface area (Å²) in [5.41, 5.74) is 5.34. The van der Waals surface area contributed by atoms with E-state index in [0.29, 0.717) is 25.7 Å². The standard InChI is InChI=1S/C44H84NO8P/c1-3-5-7-9-11-13-15-17-19-21-23-25-27-29-31-33-43(46)50-38-35-42(41-53-54(48,49)52-40-37-45)36-39-51-44(47)34-32-30-28-26-24-22-20-18-16-14-12-10-8-6-4-2/h17-20,42H,3-16,21-41,45H2,1-2H3,(H,48,49)/p-1/b19-17-,20-18-. The lowest BCUT2D eigenvalue weighted by Crippen LogP contribution is -2.20. The van der Waals surface area contributed by atoms with E-state index in [1.807, 2.05) is 0 Å². The highest BCUT2D eigenvalue weighted by Crippen LogP contribution is 2.38. The Balaban J connectivity index is 4.12. The van der Waals surface area contributed by atoms with Crippen LogP contribution in [0.3, 0.4) is 0 Å². The van der Waals surface area contributed by atoms with E-state index in [9.17, 15) is 19.0 Å². The minimum absolute atomic E-state index is 0.0539. The SMILES string of the molecule is CCCCCCCC/C=C\CCCCCCCC(=O)OCCC(CCOC(=O)CCCCCCC/C=C\CCCCCCCC)COP(=O)([O-])OCCN. The zero-order valence-electron chi connectivity index (χ0n) is 34.9. The lowest BCUT2D eigenvalue weighted by Gasteiger charge is -2.25. The molecule has 0 saturated carbocycles. The van der Waals surface area contributed by atoms with Crippen LogP contribution in [0.2, 0.25) is 0 Å². The molecule has 0 aromatic heterocycles. The van der Waals surface area contributed by atoms with Crippen molar-refractivity contribution in [1.82, 2.24) is 0 Å². The monoisotopic (exact) mass is 785 g/mol. The molecule has 0 aromatic rings. The number of rotatable bonds is 42. The van der Waals surface area contributed by atoms with Gasteiger partial charge in [-0.3, -0.25) is 14.2 Å². The molecule has 10 heteroatoms. The normalized spacial score (nSPS) is 13.0. The van der Waals surface area contributed by atoms with E-state index in [0.717, 1.165) is 51.4 Å². The van der Waals surface area contributed by atoms with Gasteiger partial charge in [-0.25, -0.2) is 0 Å². The molecule has 1 unspecified atom stereocenters. The first-order valence-corrected chi connectivity index (χ1v) is 23.7. The minimum Gasteiger partial charge on any atom is -0.756 e. The van der Waals surface area contributed by atoms with Crippen LogP contribution in [0, 0.1) is 5.92 Å². The van der Waals surface area contributed by atoms with Crippen LogP contribution >= 0.6 is 7.82 Å². The predicted octanol–water partition coefficient (Wildman–Crippen LogP) is 12.0. The first-order chi connectivity index (χ1) is 26.3. The van der Waals surface area contributed by atoms with Crippen molar-refractivity contribution in [1.29, 1.82) is 0 Å². The Hall–Kier alpha value is -1.51. The van der Waals surface area contributed by atoms with Crippen LogP contribution in [0.4, 0.5) is 0 Å². The fourth-order valence-corrected chi connectivity index (χ4v) is 7.01. The third kappa shape index (κ3) is 40.2. The van der Waals surface area contributed by atoms with E-state index in [1.54, 1.807) is 0 Å². The number of hydrogen-bond donors (Lipinski definition) is 1. The average Bonchev–Trinajstić information content (AvgIpc) is 3.16. The number of esters is 2. The molecule has 0 saturated heterocycles. The molecule has 0 amide bonds. The number of carbonyl (C=O) groups is 2. The van der Waals surface area contributed by atoms with E-state index < -0.39 is 7.82 Å². The molecule has 0 aliphatic carbocycles. The van der Waals surface area contributed by atoms with Crippen LogP contribution in [-0.2, 0) is 32.7 Å². The van der Waals surface area contributed by atoms with E-state index in [2.05, 4.69) is 38.2 Å². The van der Waals surface area contributed by atoms with E-state index in [1.165, 1.54) is 116 Å². The molecular formula is C44H83NO8P-. The summed E-state index contributed by atoms with van der Waals surface area (Å²) < 4.78 is 32.7. The van der Waals surface area contributed by atoms with Gasteiger partial charge in [-0.2, -0.15) is 0 Å². The molecule has 0 spiro atoms. The van der Waals surface area contributed by atoms with Crippen molar-refractivity contribution in [2.45, 2.75) is 206 Å². The Morgan fingerprint density at radius 2 is 0.889 bits per heavy atom. The molecule has 1 atom stereocenters. The number of nitrogens with two attached hydrogens (primary N) is 1. The van der Waals surface area contributed by atoms with Gasteiger partial charge in [0.15, 0.2) is 0 Å². The zero-order chi connectivity index (χ0) is 39.6. The van der Waals surface area contributed by atoms with Gasteiger partial charge in [-0.1, -0.05) is 141 Å². The molecule has 0 aliphatic rings. The molecule has 0 radical (unpaired) electrons. The molecule has 0 aliphatic heterocycles. The van der Waals surface area contributed by atoms with Crippen molar-refractivity contribution in [2.24, 2.45) is 11.7 Å². The minimum atomic E-state index is -4.50. The van der Waals surface area contributed by atoms with Gasteiger partial charge in [0.2, 0.25) is 0 Å². The smallest absolute Gasteiger partial charge is 0.305 e. The lowest BCUT2D eigenvalue weighted by molar-refractivity contribution is -0.226. The molecular weight excluding hydrogens is 701 g/mol. The Kier molecular flexibility index (Phi) is 40.0. The number of hydrogen-bond acceptors (Lipinski definition) is 9. The highest BCUT2D eigenvalue weighted by atomic mass is 31.2. The van der Waals surface area contributed by atoms with Crippen molar-refractivity contribution in [2.75, 3.05) is 33.0 Å². The second kappa shape index (κ2) is 41.1. The first-order valence-electron chi connectivity index (χ1n) is 22.3. The molecule has 54 heavy (non-hydrogen) atoms. The van der Waals surface area contributed by atoms with Gasteiger partial charge >= 0.3 is 11.9 Å². The Bertz CT molecular complexity index is 886. The topological polar surface area (TPSA) is 137 Å². The maximum absolute atomic E-state index is 12.3. The molecule has 0 fully saturated rings. The van der Waals surface area contributed by atoms with Crippen LogP contribution < -0.4 is 10.6 Å². The van der Waals surface area contributed by atoms with Crippen molar-refractivity contribution >= 4 is 19.8 Å². The van der Waals surface area contributed by atoms with Crippen LogP contribution in [-0.4, -0.2) is 44.9 Å². The fraction of sp³-hybridized carbons (Fsp3) is 0.864. The summed E-state index contributed by atoms with van der Waals surface area (Å²) in [5, 5.41) is 0. The second-order valence-corrected chi connectivity index (χ2v) is 16.3. The summed E-state index contributed by atoms with van der Waals surface area (Å²) in [7, 11) is -4.50. The molecule has 318 valence electrons.